The summed E-state index contributed by atoms with van der Waals surface area (Å²) in [5, 5.41) is 0. The van der Waals surface area contributed by atoms with Gasteiger partial charge in [0, 0.05) is 19.3 Å². The molecule has 0 aliphatic heterocycles. The van der Waals surface area contributed by atoms with Crippen molar-refractivity contribution in [1.29, 1.82) is 0 Å². The number of rotatable bonds is 42. The van der Waals surface area contributed by atoms with Gasteiger partial charge in [0.15, 0.2) is 6.10 Å². The fourth-order valence-electron chi connectivity index (χ4n) is 6.49. The Hall–Kier alpha value is -2.63. The third kappa shape index (κ3) is 42.5. The molecule has 6 heteroatoms. The van der Waals surface area contributed by atoms with Gasteiger partial charge in [-0.05, 0) is 57.8 Å². The van der Waals surface area contributed by atoms with Crippen LogP contribution in [0.3, 0.4) is 0 Å². The van der Waals surface area contributed by atoms with Crippen LogP contribution in [0.2, 0.25) is 0 Å². The van der Waals surface area contributed by atoms with Crippen molar-refractivity contribution in [2.75, 3.05) is 13.2 Å². The van der Waals surface area contributed by atoms with Crippen molar-refractivity contribution in [3.05, 3.63) is 48.6 Å². The number of hydrogen-bond acceptors (Lipinski definition) is 6. The van der Waals surface area contributed by atoms with E-state index in [1.165, 1.54) is 122 Å². The highest BCUT2D eigenvalue weighted by molar-refractivity contribution is 5.71. The van der Waals surface area contributed by atoms with Gasteiger partial charge < -0.3 is 14.2 Å². The monoisotopic (exact) mass is 785 g/mol. The molecule has 0 N–H and O–H groups in total. The molecule has 0 aromatic heterocycles. The van der Waals surface area contributed by atoms with Gasteiger partial charge in [0.2, 0.25) is 0 Å². The van der Waals surface area contributed by atoms with Gasteiger partial charge in [-0.15, -0.1) is 0 Å². The second-order valence-corrected chi connectivity index (χ2v) is 15.7. The quantitative estimate of drug-likeness (QED) is 0.0265. The zero-order valence-corrected chi connectivity index (χ0v) is 36.9. The topological polar surface area (TPSA) is 78.9 Å². The highest BCUT2D eigenvalue weighted by Gasteiger charge is 2.19. The average Bonchev–Trinajstić information content (AvgIpc) is 3.19. The molecule has 0 rings (SSSR count). The fraction of sp³-hybridized carbons (Fsp3) is 0.780. The minimum absolute atomic E-state index is 0.0872. The summed E-state index contributed by atoms with van der Waals surface area (Å²) in [5.74, 6) is -0.946. The molecule has 0 fully saturated rings. The normalized spacial score (nSPS) is 12.4. The molecule has 0 aliphatic carbocycles. The fourth-order valence-corrected chi connectivity index (χ4v) is 6.49. The van der Waals surface area contributed by atoms with Gasteiger partial charge in [0.25, 0.3) is 0 Å². The summed E-state index contributed by atoms with van der Waals surface area (Å²) >= 11 is 0. The Labute approximate surface area is 346 Å². The average molecular weight is 785 g/mol. The van der Waals surface area contributed by atoms with Crippen LogP contribution in [0.5, 0.6) is 0 Å². The van der Waals surface area contributed by atoms with Gasteiger partial charge in [0.1, 0.15) is 13.2 Å². The van der Waals surface area contributed by atoms with Gasteiger partial charge in [0.05, 0.1) is 0 Å². The van der Waals surface area contributed by atoms with E-state index in [0.717, 1.165) is 64.2 Å². The summed E-state index contributed by atoms with van der Waals surface area (Å²) in [6, 6.07) is 0. The molecule has 0 radical (unpaired) electrons. The molecule has 0 bridgehead atoms. The number of carbonyl (C=O) groups is 3. The van der Waals surface area contributed by atoms with Crippen molar-refractivity contribution in [2.45, 2.75) is 239 Å². The molecule has 0 saturated heterocycles. The van der Waals surface area contributed by atoms with E-state index in [1.807, 2.05) is 0 Å². The van der Waals surface area contributed by atoms with Crippen molar-refractivity contribution in [1.82, 2.24) is 0 Å². The van der Waals surface area contributed by atoms with Crippen LogP contribution < -0.4 is 0 Å². The van der Waals surface area contributed by atoms with Crippen LogP contribution >= 0.6 is 0 Å². The molecule has 0 aromatic carbocycles. The van der Waals surface area contributed by atoms with Crippen molar-refractivity contribution in [3.8, 4) is 0 Å². The number of ether oxygens (including phenoxy) is 3. The first-order valence-electron chi connectivity index (χ1n) is 23.6. The molecule has 1 atom stereocenters. The Morgan fingerprint density at radius 2 is 0.661 bits per heavy atom. The van der Waals surface area contributed by atoms with E-state index in [0.29, 0.717) is 19.3 Å². The Balaban J connectivity index is 4.43. The van der Waals surface area contributed by atoms with Crippen LogP contribution in [-0.2, 0) is 28.6 Å². The summed E-state index contributed by atoms with van der Waals surface area (Å²) in [6.45, 7) is 6.54. The lowest BCUT2D eigenvalue weighted by atomic mass is 10.1. The van der Waals surface area contributed by atoms with E-state index < -0.39 is 6.10 Å². The zero-order chi connectivity index (χ0) is 40.8. The summed E-state index contributed by atoms with van der Waals surface area (Å²) in [7, 11) is 0. The van der Waals surface area contributed by atoms with E-state index in [2.05, 4.69) is 69.4 Å². The smallest absolute Gasteiger partial charge is 0.306 e. The van der Waals surface area contributed by atoms with Crippen LogP contribution in [0.15, 0.2) is 48.6 Å². The second-order valence-electron chi connectivity index (χ2n) is 15.7. The Morgan fingerprint density at radius 3 is 1.07 bits per heavy atom. The lowest BCUT2D eigenvalue weighted by Crippen LogP contribution is -2.30. The van der Waals surface area contributed by atoms with Gasteiger partial charge in [-0.3, -0.25) is 14.4 Å². The highest BCUT2D eigenvalue weighted by atomic mass is 16.6. The molecular formula is C50H88O6. The standard InChI is InChI=1S/C50H88O6/c1-4-7-10-13-16-19-22-23-24-25-26-27-29-31-34-37-40-43-49(52)55-46-47(45-54-48(51)42-39-36-33-30-21-18-15-12-9-6-3)56-50(53)44-41-38-35-32-28-20-17-14-11-8-5-2/h16,19,23-24,26-27,31,34,47H,4-15,17-18,20-22,25,28-30,32-33,35-46H2,1-3H3/b19-16-,24-23-,27-26-,34-31-/t47-/m1/s1. The van der Waals surface area contributed by atoms with E-state index in [-0.39, 0.29) is 37.5 Å². The lowest BCUT2D eigenvalue weighted by Gasteiger charge is -2.18. The van der Waals surface area contributed by atoms with Crippen LogP contribution in [0.4, 0.5) is 0 Å². The summed E-state index contributed by atoms with van der Waals surface area (Å²) in [4.78, 5) is 37.7. The maximum Gasteiger partial charge on any atom is 0.306 e. The zero-order valence-electron chi connectivity index (χ0n) is 36.9. The molecule has 0 unspecified atom stereocenters. The minimum Gasteiger partial charge on any atom is -0.462 e. The second kappa shape index (κ2) is 45.1. The summed E-state index contributed by atoms with van der Waals surface area (Å²) in [5.41, 5.74) is 0. The first-order valence-corrected chi connectivity index (χ1v) is 23.6. The predicted molar refractivity (Wildman–Crippen MR) is 238 cm³/mol. The molecule has 0 aromatic rings. The number of esters is 3. The molecule has 0 spiro atoms. The number of hydrogen-bond donors (Lipinski definition) is 0. The Kier molecular flexibility index (Phi) is 43.0. The van der Waals surface area contributed by atoms with E-state index >= 15 is 0 Å². The van der Waals surface area contributed by atoms with Gasteiger partial charge in [-0.2, -0.15) is 0 Å². The van der Waals surface area contributed by atoms with Crippen molar-refractivity contribution in [3.63, 3.8) is 0 Å². The van der Waals surface area contributed by atoms with Crippen LogP contribution in [0.1, 0.15) is 233 Å². The van der Waals surface area contributed by atoms with Gasteiger partial charge >= 0.3 is 17.9 Å². The molecule has 56 heavy (non-hydrogen) atoms. The third-order valence-corrected chi connectivity index (χ3v) is 10.1. The molecule has 0 amide bonds. The molecule has 6 nitrogen and oxygen atoms in total. The predicted octanol–water partition coefficient (Wildman–Crippen LogP) is 15.1. The third-order valence-electron chi connectivity index (χ3n) is 10.1. The number of unbranched alkanes of at least 4 members (excludes halogenated alkanes) is 23. The van der Waals surface area contributed by atoms with Crippen molar-refractivity contribution in [2.24, 2.45) is 0 Å². The lowest BCUT2D eigenvalue weighted by molar-refractivity contribution is -0.167. The van der Waals surface area contributed by atoms with E-state index in [4.69, 9.17) is 14.2 Å². The maximum atomic E-state index is 12.7. The largest absolute Gasteiger partial charge is 0.462 e. The molecule has 0 heterocycles. The number of allylic oxidation sites excluding steroid dienone is 8. The highest BCUT2D eigenvalue weighted by Crippen LogP contribution is 2.14. The van der Waals surface area contributed by atoms with E-state index in [9.17, 15) is 14.4 Å². The molecule has 0 saturated carbocycles. The van der Waals surface area contributed by atoms with Crippen LogP contribution in [0, 0.1) is 0 Å². The SMILES string of the molecule is CCCCC/C=C\C/C=C\C/C=C\C/C=C\CCCC(=O)OC[C@@H](COC(=O)CCCCCCCCCCCC)OC(=O)CCCCCCCCCCCCC. The maximum absolute atomic E-state index is 12.7. The first kappa shape index (κ1) is 53.4. The minimum atomic E-state index is -0.788. The van der Waals surface area contributed by atoms with E-state index in [1.54, 1.807) is 0 Å². The molecule has 324 valence electrons. The van der Waals surface area contributed by atoms with Gasteiger partial charge in [-0.1, -0.05) is 204 Å². The van der Waals surface area contributed by atoms with Gasteiger partial charge in [-0.25, -0.2) is 0 Å². The van der Waals surface area contributed by atoms with Crippen molar-refractivity contribution < 1.29 is 28.6 Å². The van der Waals surface area contributed by atoms with Crippen LogP contribution in [0.25, 0.3) is 0 Å². The number of carbonyl (C=O) groups excluding carboxylic acids is 3. The van der Waals surface area contributed by atoms with Crippen molar-refractivity contribution >= 4 is 17.9 Å². The Morgan fingerprint density at radius 1 is 0.357 bits per heavy atom. The molecular weight excluding hydrogens is 697 g/mol. The van der Waals surface area contributed by atoms with Crippen LogP contribution in [-0.4, -0.2) is 37.2 Å². The summed E-state index contributed by atoms with van der Waals surface area (Å²) < 4.78 is 16.7. The Bertz CT molecular complexity index is 996. The summed E-state index contributed by atoms with van der Waals surface area (Å²) in [6.07, 6.45) is 52.4. The molecule has 0 aliphatic rings. The first-order chi connectivity index (χ1) is 27.5.